The summed E-state index contributed by atoms with van der Waals surface area (Å²) in [5.74, 6) is -0.854. The van der Waals surface area contributed by atoms with Gasteiger partial charge in [0.2, 0.25) is 5.79 Å². The van der Waals surface area contributed by atoms with Crippen molar-refractivity contribution < 1.29 is 19.0 Å². The molecule has 1 aliphatic rings. The van der Waals surface area contributed by atoms with Gasteiger partial charge in [-0.25, -0.2) is 0 Å². The van der Waals surface area contributed by atoms with E-state index >= 15 is 0 Å². The lowest BCUT2D eigenvalue weighted by Crippen LogP contribution is -2.50. The zero-order valence-electron chi connectivity index (χ0n) is 12.2. The molecular formula is C13H26O4Si. The summed E-state index contributed by atoms with van der Waals surface area (Å²) in [6, 6.07) is 0.549. The number of esters is 1. The Hall–Kier alpha value is -0.393. The number of hydrogen-bond donors (Lipinski definition) is 0. The Balaban J connectivity index is 2.65. The van der Waals surface area contributed by atoms with Gasteiger partial charge in [0, 0.05) is 26.7 Å². The van der Waals surface area contributed by atoms with Crippen molar-refractivity contribution in [2.75, 3.05) is 14.2 Å². The standard InChI is InChI=1S/C13H26O4Si/c1-15-13(16-2)9-7-6-8-11(13)17-12(14)10-18(3,4)5/h11H,6-10H2,1-5H3. The molecule has 0 aromatic carbocycles. The fraction of sp³-hybridized carbons (Fsp3) is 0.923. The third-order valence-electron chi connectivity index (χ3n) is 3.37. The molecule has 1 rings (SSSR count). The van der Waals surface area contributed by atoms with Crippen LogP contribution < -0.4 is 0 Å². The maximum absolute atomic E-state index is 11.9. The first-order valence-corrected chi connectivity index (χ1v) is 10.3. The van der Waals surface area contributed by atoms with Crippen LogP contribution in [0.3, 0.4) is 0 Å². The van der Waals surface area contributed by atoms with Crippen molar-refractivity contribution in [1.82, 2.24) is 0 Å². The minimum Gasteiger partial charge on any atom is -0.457 e. The number of methoxy groups -OCH3 is 2. The van der Waals surface area contributed by atoms with Gasteiger partial charge >= 0.3 is 5.97 Å². The highest BCUT2D eigenvalue weighted by Crippen LogP contribution is 2.34. The van der Waals surface area contributed by atoms with Crippen LogP contribution in [0.15, 0.2) is 0 Å². The van der Waals surface area contributed by atoms with Gasteiger partial charge < -0.3 is 14.2 Å². The third-order valence-corrected chi connectivity index (χ3v) is 4.72. The highest BCUT2D eigenvalue weighted by Gasteiger charge is 2.44. The number of rotatable bonds is 5. The number of ether oxygens (including phenoxy) is 3. The predicted octanol–water partition coefficient (Wildman–Crippen LogP) is 2.80. The summed E-state index contributed by atoms with van der Waals surface area (Å²) in [5.41, 5.74) is 0. The Morgan fingerprint density at radius 2 is 1.83 bits per heavy atom. The van der Waals surface area contributed by atoms with Crippen molar-refractivity contribution in [2.24, 2.45) is 0 Å². The van der Waals surface area contributed by atoms with Crippen LogP contribution in [0.25, 0.3) is 0 Å². The van der Waals surface area contributed by atoms with Crippen LogP contribution in [-0.4, -0.2) is 40.2 Å². The molecule has 4 nitrogen and oxygen atoms in total. The Morgan fingerprint density at radius 3 is 2.33 bits per heavy atom. The highest BCUT2D eigenvalue weighted by molar-refractivity contribution is 6.78. The molecule has 0 spiro atoms. The molecule has 0 aliphatic heterocycles. The number of carbonyl (C=O) groups excluding carboxylic acids is 1. The van der Waals surface area contributed by atoms with Crippen LogP contribution in [0.5, 0.6) is 0 Å². The third kappa shape index (κ3) is 4.07. The van der Waals surface area contributed by atoms with E-state index in [0.29, 0.717) is 6.04 Å². The second-order valence-corrected chi connectivity index (χ2v) is 11.7. The molecule has 0 bridgehead atoms. The van der Waals surface area contributed by atoms with Gasteiger partial charge in [0.1, 0.15) is 0 Å². The molecule has 1 saturated carbocycles. The van der Waals surface area contributed by atoms with Gasteiger partial charge in [-0.1, -0.05) is 19.6 Å². The van der Waals surface area contributed by atoms with E-state index in [9.17, 15) is 4.79 Å². The smallest absolute Gasteiger partial charge is 0.303 e. The van der Waals surface area contributed by atoms with Gasteiger partial charge in [0.15, 0.2) is 6.10 Å². The maximum atomic E-state index is 11.9. The van der Waals surface area contributed by atoms with E-state index in [-0.39, 0.29) is 12.1 Å². The molecule has 0 radical (unpaired) electrons. The van der Waals surface area contributed by atoms with E-state index in [0.717, 1.165) is 25.7 Å². The van der Waals surface area contributed by atoms with Crippen LogP contribution in [0.4, 0.5) is 0 Å². The minimum atomic E-state index is -1.43. The van der Waals surface area contributed by atoms with Crippen molar-refractivity contribution in [2.45, 2.75) is 63.3 Å². The Kier molecular flexibility index (Phi) is 5.37. The van der Waals surface area contributed by atoms with Gasteiger partial charge in [-0.2, -0.15) is 0 Å². The highest BCUT2D eigenvalue weighted by atomic mass is 28.3. The second-order valence-electron chi connectivity index (χ2n) is 6.18. The molecule has 0 amide bonds. The van der Waals surface area contributed by atoms with Crippen LogP contribution in [-0.2, 0) is 19.0 Å². The van der Waals surface area contributed by atoms with E-state index in [1.807, 2.05) is 0 Å². The minimum absolute atomic E-state index is 0.112. The molecule has 0 aromatic heterocycles. The molecule has 0 aromatic rings. The molecular weight excluding hydrogens is 248 g/mol. The van der Waals surface area contributed by atoms with Crippen LogP contribution in [0.2, 0.25) is 25.7 Å². The summed E-state index contributed by atoms with van der Waals surface area (Å²) in [7, 11) is 1.81. The molecule has 1 aliphatic carbocycles. The SMILES string of the molecule is COC1(OC)CCCCC1OC(=O)C[Si](C)(C)C. The van der Waals surface area contributed by atoms with E-state index in [1.165, 1.54) is 0 Å². The molecule has 1 unspecified atom stereocenters. The molecule has 0 heterocycles. The van der Waals surface area contributed by atoms with Crippen LogP contribution >= 0.6 is 0 Å². The summed E-state index contributed by atoms with van der Waals surface area (Å²) in [4.78, 5) is 11.9. The molecule has 1 fully saturated rings. The second kappa shape index (κ2) is 6.17. The molecule has 0 saturated heterocycles. The lowest BCUT2D eigenvalue weighted by Gasteiger charge is -2.40. The summed E-state index contributed by atoms with van der Waals surface area (Å²) in [5, 5.41) is 0. The van der Waals surface area contributed by atoms with Gasteiger partial charge in [0.25, 0.3) is 0 Å². The van der Waals surface area contributed by atoms with Crippen LogP contribution in [0.1, 0.15) is 25.7 Å². The van der Waals surface area contributed by atoms with Gasteiger partial charge in [0.05, 0.1) is 8.07 Å². The molecule has 106 valence electrons. The molecule has 1 atom stereocenters. The van der Waals surface area contributed by atoms with Crippen molar-refractivity contribution in [1.29, 1.82) is 0 Å². The lowest BCUT2D eigenvalue weighted by molar-refractivity contribution is -0.277. The Morgan fingerprint density at radius 1 is 1.22 bits per heavy atom. The zero-order valence-corrected chi connectivity index (χ0v) is 13.2. The molecule has 18 heavy (non-hydrogen) atoms. The number of hydrogen-bond acceptors (Lipinski definition) is 4. The summed E-state index contributed by atoms with van der Waals surface area (Å²) in [6.45, 7) is 6.49. The van der Waals surface area contributed by atoms with Crippen molar-refractivity contribution in [3.05, 3.63) is 0 Å². The maximum Gasteiger partial charge on any atom is 0.303 e. The fourth-order valence-corrected chi connectivity index (χ4v) is 3.36. The first kappa shape index (κ1) is 15.7. The lowest BCUT2D eigenvalue weighted by atomic mass is 9.91. The Bertz CT molecular complexity index is 281. The Labute approximate surface area is 111 Å². The largest absolute Gasteiger partial charge is 0.457 e. The van der Waals surface area contributed by atoms with E-state index in [1.54, 1.807) is 14.2 Å². The van der Waals surface area contributed by atoms with Crippen molar-refractivity contribution in [3.8, 4) is 0 Å². The van der Waals surface area contributed by atoms with Gasteiger partial charge in [-0.05, 0) is 19.3 Å². The topological polar surface area (TPSA) is 44.8 Å². The molecule has 0 N–H and O–H groups in total. The van der Waals surface area contributed by atoms with E-state index in [4.69, 9.17) is 14.2 Å². The summed E-state index contributed by atoms with van der Waals surface area (Å²) in [6.07, 6.45) is 3.43. The molecule has 5 heteroatoms. The number of carbonyl (C=O) groups is 1. The van der Waals surface area contributed by atoms with Crippen molar-refractivity contribution >= 4 is 14.0 Å². The summed E-state index contributed by atoms with van der Waals surface area (Å²) >= 11 is 0. The zero-order chi connectivity index (χ0) is 13.8. The van der Waals surface area contributed by atoms with Gasteiger partial charge in [-0.15, -0.1) is 0 Å². The average molecular weight is 274 g/mol. The average Bonchev–Trinajstić information content (AvgIpc) is 2.27. The fourth-order valence-electron chi connectivity index (χ4n) is 2.41. The van der Waals surface area contributed by atoms with Crippen LogP contribution in [0, 0.1) is 0 Å². The van der Waals surface area contributed by atoms with E-state index in [2.05, 4.69) is 19.6 Å². The monoisotopic (exact) mass is 274 g/mol. The summed E-state index contributed by atoms with van der Waals surface area (Å²) < 4.78 is 16.6. The van der Waals surface area contributed by atoms with E-state index < -0.39 is 13.9 Å². The first-order valence-electron chi connectivity index (χ1n) is 6.63. The van der Waals surface area contributed by atoms with Gasteiger partial charge in [-0.3, -0.25) is 4.79 Å². The van der Waals surface area contributed by atoms with Crippen molar-refractivity contribution in [3.63, 3.8) is 0 Å². The first-order chi connectivity index (χ1) is 8.33. The predicted molar refractivity (Wildman–Crippen MR) is 73.3 cm³/mol. The quantitative estimate of drug-likeness (QED) is 0.439. The normalized spacial score (nSPS) is 23.7.